The molecule has 1 aliphatic rings. The van der Waals surface area contributed by atoms with Crippen LogP contribution in [0.1, 0.15) is 33.6 Å². The van der Waals surface area contributed by atoms with Gasteiger partial charge in [0.05, 0.1) is 21.1 Å². The largest absolute Gasteiger partial charge is 1.00 e. The van der Waals surface area contributed by atoms with Gasteiger partial charge in [-0.1, -0.05) is 0 Å². The Bertz CT molecular complexity index is 335. The monoisotopic (exact) mass is 413 g/mol. The van der Waals surface area contributed by atoms with Gasteiger partial charge < -0.3 is 43.8 Å². The van der Waals surface area contributed by atoms with E-state index in [1.54, 1.807) is 0 Å². The number of halogens is 1. The van der Waals surface area contributed by atoms with Gasteiger partial charge in [0.25, 0.3) is 5.91 Å². The van der Waals surface area contributed by atoms with Gasteiger partial charge in [0.2, 0.25) is 0 Å². The van der Waals surface area contributed by atoms with Gasteiger partial charge in [-0.15, -0.1) is 0 Å². The molecule has 21 heavy (non-hydrogen) atoms. The fourth-order valence-corrected chi connectivity index (χ4v) is 2.03. The molecule has 2 N–H and O–H groups in total. The summed E-state index contributed by atoms with van der Waals surface area (Å²) in [5.41, 5.74) is -0.480. The first kappa shape index (κ1) is 20.4. The molecule has 7 heteroatoms. The number of quaternary nitrogens is 1. The summed E-state index contributed by atoms with van der Waals surface area (Å²) < 4.78 is 5.80. The number of hydrogen-bond acceptors (Lipinski definition) is 3. The Kier molecular flexibility index (Phi) is 7.41. The van der Waals surface area contributed by atoms with E-state index in [1.807, 2.05) is 41.9 Å². The van der Waals surface area contributed by atoms with Gasteiger partial charge >= 0.3 is 6.09 Å². The first-order chi connectivity index (χ1) is 8.94. The summed E-state index contributed by atoms with van der Waals surface area (Å²) in [5, 5.41) is 5.79. The van der Waals surface area contributed by atoms with Crippen LogP contribution in [0.25, 0.3) is 0 Å². The quantitative estimate of drug-likeness (QED) is 0.409. The molecule has 1 saturated carbocycles. The normalized spacial score (nSPS) is 21.6. The maximum absolute atomic E-state index is 11.7. The van der Waals surface area contributed by atoms with Crippen molar-refractivity contribution < 1.29 is 42.8 Å². The standard InChI is InChI=1S/C14H27N3O3.HI/c1-14(2,3)20-13(19)16-11-7-10(8-11)15-12(18)9-17(4,5)6;/h10-11H,7-9H2,1-6H3,(H-,15,16,18,19);1H. The van der Waals surface area contributed by atoms with Gasteiger partial charge in [0, 0.05) is 12.1 Å². The van der Waals surface area contributed by atoms with E-state index < -0.39 is 11.7 Å². The van der Waals surface area contributed by atoms with Crippen LogP contribution in [-0.4, -0.2) is 61.9 Å². The van der Waals surface area contributed by atoms with Gasteiger partial charge in [0.1, 0.15) is 5.60 Å². The van der Waals surface area contributed by atoms with Crippen LogP contribution in [0.2, 0.25) is 0 Å². The summed E-state index contributed by atoms with van der Waals surface area (Å²) in [4.78, 5) is 23.3. The lowest BCUT2D eigenvalue weighted by molar-refractivity contribution is -0.862. The summed E-state index contributed by atoms with van der Waals surface area (Å²) in [5.74, 6) is 0.0539. The Balaban J connectivity index is 0.00000400. The lowest BCUT2D eigenvalue weighted by Gasteiger charge is -2.37. The molecule has 1 rings (SSSR count). The zero-order chi connectivity index (χ0) is 15.6. The van der Waals surface area contributed by atoms with E-state index in [4.69, 9.17) is 4.74 Å². The Labute approximate surface area is 144 Å². The fraction of sp³-hybridized carbons (Fsp3) is 0.857. The Morgan fingerprint density at radius 1 is 1.10 bits per heavy atom. The predicted octanol–water partition coefficient (Wildman–Crippen LogP) is -2.13. The molecule has 0 bridgehead atoms. The number of rotatable bonds is 4. The summed E-state index contributed by atoms with van der Waals surface area (Å²) in [6.07, 6.45) is 1.14. The highest BCUT2D eigenvalue weighted by molar-refractivity contribution is 5.77. The van der Waals surface area contributed by atoms with E-state index in [2.05, 4.69) is 10.6 Å². The van der Waals surface area contributed by atoms with Crippen molar-refractivity contribution in [3.05, 3.63) is 0 Å². The molecule has 1 fully saturated rings. The minimum atomic E-state index is -0.480. The number of hydrogen-bond donors (Lipinski definition) is 2. The van der Waals surface area contributed by atoms with Crippen molar-refractivity contribution in [2.75, 3.05) is 27.7 Å². The molecule has 0 atom stereocenters. The van der Waals surface area contributed by atoms with E-state index in [1.165, 1.54) is 0 Å². The van der Waals surface area contributed by atoms with E-state index >= 15 is 0 Å². The van der Waals surface area contributed by atoms with Crippen molar-refractivity contribution in [3.8, 4) is 0 Å². The van der Waals surface area contributed by atoms with Gasteiger partial charge in [-0.2, -0.15) is 0 Å². The second-order valence-corrected chi connectivity index (χ2v) is 7.53. The van der Waals surface area contributed by atoms with Crippen molar-refractivity contribution >= 4 is 12.0 Å². The average Bonchev–Trinajstić information content (AvgIpc) is 2.07. The van der Waals surface area contributed by atoms with Crippen LogP contribution in [0.4, 0.5) is 4.79 Å². The third-order valence-electron chi connectivity index (χ3n) is 2.84. The minimum Gasteiger partial charge on any atom is -1.00 e. The van der Waals surface area contributed by atoms with Gasteiger partial charge in [0.15, 0.2) is 6.54 Å². The predicted molar refractivity (Wildman–Crippen MR) is 77.2 cm³/mol. The van der Waals surface area contributed by atoms with Crippen LogP contribution in [0.3, 0.4) is 0 Å². The molecule has 2 amide bonds. The molecule has 0 unspecified atom stereocenters. The molecule has 0 heterocycles. The van der Waals surface area contributed by atoms with E-state index in [9.17, 15) is 9.59 Å². The Morgan fingerprint density at radius 3 is 2.00 bits per heavy atom. The third kappa shape index (κ3) is 9.13. The number of likely N-dealkylation sites (N-methyl/N-ethyl adjacent to an activating group) is 1. The first-order valence-corrected chi connectivity index (χ1v) is 7.04. The van der Waals surface area contributed by atoms with Crippen molar-refractivity contribution in [3.63, 3.8) is 0 Å². The third-order valence-corrected chi connectivity index (χ3v) is 2.84. The molecule has 0 aliphatic heterocycles. The number of alkyl carbamates (subject to hydrolysis) is 1. The lowest BCUT2D eigenvalue weighted by atomic mass is 9.87. The molecule has 0 spiro atoms. The van der Waals surface area contributed by atoms with E-state index in [0.29, 0.717) is 11.0 Å². The zero-order valence-corrected chi connectivity index (χ0v) is 16.0. The van der Waals surface area contributed by atoms with Crippen molar-refractivity contribution in [1.82, 2.24) is 10.6 Å². The highest BCUT2D eigenvalue weighted by Crippen LogP contribution is 2.20. The minimum absolute atomic E-state index is 0. The number of nitrogens with zero attached hydrogens (tertiary/aromatic N) is 1. The molecule has 0 aromatic carbocycles. The molecule has 1 aliphatic carbocycles. The van der Waals surface area contributed by atoms with Crippen molar-refractivity contribution in [1.29, 1.82) is 0 Å². The first-order valence-electron chi connectivity index (χ1n) is 7.04. The van der Waals surface area contributed by atoms with E-state index in [0.717, 1.165) is 12.8 Å². The van der Waals surface area contributed by atoms with Crippen LogP contribution in [0, 0.1) is 0 Å². The van der Waals surface area contributed by atoms with Crippen LogP contribution >= 0.6 is 0 Å². The number of nitrogens with one attached hydrogen (secondary N) is 2. The van der Waals surface area contributed by atoms with Gasteiger partial charge in [-0.3, -0.25) is 4.79 Å². The van der Waals surface area contributed by atoms with Crippen LogP contribution in [0.15, 0.2) is 0 Å². The molecular weight excluding hydrogens is 385 g/mol. The maximum atomic E-state index is 11.7. The van der Waals surface area contributed by atoms with Crippen molar-refractivity contribution in [2.45, 2.75) is 51.3 Å². The average molecular weight is 413 g/mol. The molecule has 0 radical (unpaired) electrons. The van der Waals surface area contributed by atoms with Crippen LogP contribution in [0.5, 0.6) is 0 Å². The van der Waals surface area contributed by atoms with Crippen molar-refractivity contribution in [2.24, 2.45) is 0 Å². The topological polar surface area (TPSA) is 67.4 Å². The molecule has 0 saturated heterocycles. The summed E-state index contributed by atoms with van der Waals surface area (Å²) in [6, 6.07) is 0.258. The SMILES string of the molecule is CC(C)(C)OC(=O)NC1CC(NC(=O)C[N+](C)(C)C)C1.[I-]. The Hall–Kier alpha value is -0.570. The summed E-state index contributed by atoms with van der Waals surface area (Å²) >= 11 is 0. The second-order valence-electron chi connectivity index (χ2n) is 7.53. The van der Waals surface area contributed by atoms with Crippen LogP contribution in [-0.2, 0) is 9.53 Å². The number of carbonyl (C=O) groups excluding carboxylic acids is 2. The number of carbonyl (C=O) groups is 2. The van der Waals surface area contributed by atoms with E-state index in [-0.39, 0.29) is 42.0 Å². The molecule has 124 valence electrons. The second kappa shape index (κ2) is 7.62. The number of ether oxygens (including phenoxy) is 1. The van der Waals surface area contributed by atoms with Crippen LogP contribution < -0.4 is 34.6 Å². The summed E-state index contributed by atoms with van der Waals surface area (Å²) in [7, 11) is 5.94. The maximum Gasteiger partial charge on any atom is 0.407 e. The molecule has 0 aromatic heterocycles. The number of amides is 2. The highest BCUT2D eigenvalue weighted by atomic mass is 127. The smallest absolute Gasteiger partial charge is 0.407 e. The highest BCUT2D eigenvalue weighted by Gasteiger charge is 2.33. The van der Waals surface area contributed by atoms with Gasteiger partial charge in [-0.25, -0.2) is 4.79 Å². The molecule has 6 nitrogen and oxygen atoms in total. The zero-order valence-electron chi connectivity index (χ0n) is 13.8. The van der Waals surface area contributed by atoms with Gasteiger partial charge in [-0.05, 0) is 33.6 Å². The molecular formula is C14H28IN3O3. The molecule has 0 aromatic rings. The lowest BCUT2D eigenvalue weighted by Crippen LogP contribution is -3.00. The summed E-state index contributed by atoms with van der Waals surface area (Å²) in [6.45, 7) is 5.96. The fourth-order valence-electron chi connectivity index (χ4n) is 2.03. The Morgan fingerprint density at radius 2 is 1.57 bits per heavy atom.